The molecule has 2 amide bonds. The Morgan fingerprint density at radius 2 is 1.89 bits per heavy atom. The lowest BCUT2D eigenvalue weighted by atomic mass is 10.0. The number of piperazine rings is 1. The topological polar surface area (TPSA) is 113 Å². The van der Waals surface area contributed by atoms with Crippen molar-refractivity contribution in [2.24, 2.45) is 0 Å². The van der Waals surface area contributed by atoms with Crippen molar-refractivity contribution >= 4 is 46.0 Å². The van der Waals surface area contributed by atoms with Crippen LogP contribution in [-0.4, -0.2) is 61.4 Å². The van der Waals surface area contributed by atoms with E-state index in [-0.39, 0.29) is 71.3 Å². The summed E-state index contributed by atoms with van der Waals surface area (Å²) in [6, 6.07) is 7.34. The van der Waals surface area contributed by atoms with E-state index in [2.05, 4.69) is 21.9 Å². The molecule has 0 unspecified atom stereocenters. The lowest BCUT2D eigenvalue weighted by Crippen LogP contribution is -2.58. The summed E-state index contributed by atoms with van der Waals surface area (Å²) in [5, 5.41) is 3.31. The van der Waals surface area contributed by atoms with Crippen LogP contribution in [0.4, 0.5) is 15.9 Å². The maximum atomic E-state index is 15.6. The molecule has 0 aliphatic carbocycles. The fourth-order valence-electron chi connectivity index (χ4n) is 5.94. The molecule has 1 fully saturated rings. The van der Waals surface area contributed by atoms with Gasteiger partial charge in [0.1, 0.15) is 11.6 Å². The summed E-state index contributed by atoms with van der Waals surface area (Å²) in [5.41, 5.74) is 1.83. The van der Waals surface area contributed by atoms with Crippen molar-refractivity contribution in [3.63, 3.8) is 0 Å². The molecule has 0 bridgehead atoms. The van der Waals surface area contributed by atoms with Crippen molar-refractivity contribution in [2.45, 2.75) is 73.4 Å². The third-order valence-electron chi connectivity index (χ3n) is 8.29. The number of nitrogens with zero attached hydrogens (tertiary/aromatic N) is 6. The molecule has 1 aliphatic heterocycles. The number of halogens is 2. The van der Waals surface area contributed by atoms with E-state index in [1.54, 1.807) is 36.2 Å². The zero-order valence-corrected chi connectivity index (χ0v) is 27.5. The summed E-state index contributed by atoms with van der Waals surface area (Å²) in [6.07, 6.45) is 3.17. The second-order valence-corrected chi connectivity index (χ2v) is 12.3. The van der Waals surface area contributed by atoms with E-state index in [0.29, 0.717) is 35.7 Å². The van der Waals surface area contributed by atoms with Crippen molar-refractivity contribution in [1.29, 1.82) is 0 Å². The molecule has 4 heterocycles. The summed E-state index contributed by atoms with van der Waals surface area (Å²) < 4.78 is 17.0. The maximum absolute atomic E-state index is 15.6. The molecule has 12 heteroatoms. The quantitative estimate of drug-likeness (QED) is 0.220. The van der Waals surface area contributed by atoms with Crippen LogP contribution in [0.2, 0.25) is 5.02 Å². The van der Waals surface area contributed by atoms with E-state index < -0.39 is 11.5 Å². The Morgan fingerprint density at radius 3 is 2.55 bits per heavy atom. The Balaban J connectivity index is 0.00000500. The number of carbonyl (C=O) groups excluding carboxylic acids is 2. The Labute approximate surface area is 279 Å². The molecule has 47 heavy (non-hydrogen) atoms. The first kappa shape index (κ1) is 35.2. The minimum Gasteiger partial charge on any atom is -0.349 e. The third kappa shape index (κ3) is 6.49. The van der Waals surface area contributed by atoms with E-state index in [1.807, 2.05) is 39.5 Å². The first-order valence-electron chi connectivity index (χ1n) is 15.2. The number of benzene rings is 1. The number of carbonyl (C=O) groups is 2. The van der Waals surface area contributed by atoms with Gasteiger partial charge in [-0.25, -0.2) is 18.7 Å². The van der Waals surface area contributed by atoms with Crippen LogP contribution in [0.25, 0.3) is 28.0 Å². The average Bonchev–Trinajstić information content (AvgIpc) is 3.01. The highest BCUT2D eigenvalue weighted by atomic mass is 35.5. The molecule has 5 rings (SSSR count). The zero-order chi connectivity index (χ0) is 33.4. The van der Waals surface area contributed by atoms with Gasteiger partial charge in [-0.2, -0.15) is 4.98 Å². The molecule has 1 saturated heterocycles. The Hall–Kier alpha value is -4.64. The van der Waals surface area contributed by atoms with Gasteiger partial charge >= 0.3 is 5.69 Å². The molecule has 4 aromatic rings. The SMILES string of the molecule is C.C=CC(=O)N1C[C@H](C)N(c2nc(=O)n(-c3c(C)ccnc3C(C)C)c3nc(-c4c(F)cccc4NC(=O)CC)c(Cl)cc23)C[C@H]1C. The molecule has 0 spiro atoms. The molecule has 1 N–H and O–H groups in total. The number of aromatic nitrogens is 4. The molecule has 2 atom stereocenters. The molecule has 0 saturated carbocycles. The van der Waals surface area contributed by atoms with Crippen molar-refractivity contribution in [2.75, 3.05) is 23.3 Å². The minimum absolute atomic E-state index is 0. The van der Waals surface area contributed by atoms with E-state index in [9.17, 15) is 14.4 Å². The average molecular weight is 662 g/mol. The monoisotopic (exact) mass is 661 g/mol. The number of aryl methyl sites for hydroxylation is 1. The fourth-order valence-corrected chi connectivity index (χ4v) is 6.19. The van der Waals surface area contributed by atoms with Crippen LogP contribution in [0.3, 0.4) is 0 Å². The molecule has 3 aromatic heterocycles. The molecular weight excluding hydrogens is 621 g/mol. The number of hydrogen-bond donors (Lipinski definition) is 1. The van der Waals surface area contributed by atoms with Crippen LogP contribution < -0.4 is 15.9 Å². The summed E-state index contributed by atoms with van der Waals surface area (Å²) >= 11 is 6.91. The van der Waals surface area contributed by atoms with Gasteiger partial charge in [-0.3, -0.25) is 14.6 Å². The third-order valence-corrected chi connectivity index (χ3v) is 8.58. The summed E-state index contributed by atoms with van der Waals surface area (Å²) in [6.45, 7) is 15.8. The van der Waals surface area contributed by atoms with Gasteiger partial charge in [0.2, 0.25) is 11.8 Å². The Kier molecular flexibility index (Phi) is 10.5. The number of rotatable bonds is 7. The largest absolute Gasteiger partial charge is 0.355 e. The van der Waals surface area contributed by atoms with Gasteiger partial charge in [0.05, 0.1) is 38.7 Å². The molecule has 10 nitrogen and oxygen atoms in total. The lowest BCUT2D eigenvalue weighted by Gasteiger charge is -2.44. The highest BCUT2D eigenvalue weighted by Gasteiger charge is 2.34. The summed E-state index contributed by atoms with van der Waals surface area (Å²) in [5.74, 6) is -0.829. The highest BCUT2D eigenvalue weighted by molar-refractivity contribution is 6.34. The van der Waals surface area contributed by atoms with Crippen LogP contribution >= 0.6 is 11.6 Å². The second kappa shape index (κ2) is 14.0. The van der Waals surface area contributed by atoms with Gasteiger partial charge in [0.25, 0.3) is 0 Å². The van der Waals surface area contributed by atoms with Crippen molar-refractivity contribution < 1.29 is 14.0 Å². The van der Waals surface area contributed by atoms with E-state index in [4.69, 9.17) is 16.6 Å². The minimum atomic E-state index is -0.642. The van der Waals surface area contributed by atoms with Gasteiger partial charge in [0, 0.05) is 37.8 Å². The summed E-state index contributed by atoms with van der Waals surface area (Å²) in [4.78, 5) is 56.9. The number of hydrogen-bond acceptors (Lipinski definition) is 7. The van der Waals surface area contributed by atoms with E-state index in [0.717, 1.165) is 5.56 Å². The number of fused-ring (bicyclic) bond motifs is 1. The number of pyridine rings is 2. The summed E-state index contributed by atoms with van der Waals surface area (Å²) in [7, 11) is 0. The van der Waals surface area contributed by atoms with Crippen LogP contribution in [0, 0.1) is 12.7 Å². The second-order valence-electron chi connectivity index (χ2n) is 11.9. The molecule has 1 aromatic carbocycles. The predicted molar refractivity (Wildman–Crippen MR) is 186 cm³/mol. The highest BCUT2D eigenvalue weighted by Crippen LogP contribution is 2.39. The lowest BCUT2D eigenvalue weighted by molar-refractivity contribution is -0.128. The number of amides is 2. The van der Waals surface area contributed by atoms with E-state index in [1.165, 1.54) is 22.8 Å². The van der Waals surface area contributed by atoms with Gasteiger partial charge in [-0.1, -0.05) is 52.4 Å². The van der Waals surface area contributed by atoms with Crippen molar-refractivity contribution in [3.8, 4) is 16.9 Å². The normalized spacial score (nSPS) is 16.3. The smallest absolute Gasteiger partial charge is 0.349 e. The van der Waals surface area contributed by atoms with Crippen LogP contribution in [-0.2, 0) is 9.59 Å². The maximum Gasteiger partial charge on any atom is 0.355 e. The van der Waals surface area contributed by atoms with Crippen LogP contribution in [0.5, 0.6) is 0 Å². The number of anilines is 2. The molecule has 248 valence electrons. The van der Waals surface area contributed by atoms with Gasteiger partial charge < -0.3 is 15.1 Å². The van der Waals surface area contributed by atoms with E-state index >= 15 is 4.39 Å². The van der Waals surface area contributed by atoms with Gasteiger partial charge in [-0.05, 0) is 62.6 Å². The predicted octanol–water partition coefficient (Wildman–Crippen LogP) is 6.66. The van der Waals surface area contributed by atoms with Crippen molar-refractivity contribution in [1.82, 2.24) is 24.4 Å². The van der Waals surface area contributed by atoms with Gasteiger partial charge in [0.15, 0.2) is 5.65 Å². The van der Waals surface area contributed by atoms with Gasteiger partial charge in [-0.15, -0.1) is 0 Å². The van der Waals surface area contributed by atoms with Crippen LogP contribution in [0.1, 0.15) is 65.6 Å². The number of nitrogens with one attached hydrogen (secondary N) is 1. The fraction of sp³-hybridized carbons (Fsp3) is 0.371. The molecular formula is C35H41ClFN7O3. The Bertz CT molecular complexity index is 1930. The Morgan fingerprint density at radius 1 is 1.17 bits per heavy atom. The van der Waals surface area contributed by atoms with Crippen molar-refractivity contribution in [3.05, 3.63) is 81.8 Å². The van der Waals surface area contributed by atoms with Crippen LogP contribution in [0.15, 0.2) is 54.0 Å². The first-order valence-corrected chi connectivity index (χ1v) is 15.6. The standard InChI is InChI=1S/C34H37ClFN7O3.CH4/c1-8-26(44)38-25-12-10-11-24(36)28(25)30-23(35)15-22-32(42-17-20(6)41(16-21(42)7)27(45)9-2)40-34(46)43(33(22)39-30)31-19(5)13-14-37-29(31)18(3)4;/h9-15,18,20-21H,2,8,16-17H2,1,3-7H3,(H,38,44);1H4/t20-,21+;/m1./s1. The first-order chi connectivity index (χ1) is 21.9. The molecule has 0 radical (unpaired) electrons. The zero-order valence-electron chi connectivity index (χ0n) is 26.8. The molecule has 1 aliphatic rings.